The number of rotatable bonds is 4. The molecule has 0 radical (unpaired) electrons. The monoisotopic (exact) mass is 202 g/mol. The van der Waals surface area contributed by atoms with Crippen molar-refractivity contribution in [3.63, 3.8) is 0 Å². The molecule has 0 heterocycles. The zero-order valence-electron chi connectivity index (χ0n) is 9.96. The van der Waals surface area contributed by atoms with E-state index in [9.17, 15) is 9.90 Å². The third kappa shape index (κ3) is 3.64. The van der Waals surface area contributed by atoms with Gasteiger partial charge in [-0.1, -0.05) is 0 Å². The van der Waals surface area contributed by atoms with E-state index in [-0.39, 0.29) is 11.9 Å². The lowest BCUT2D eigenvalue weighted by Crippen LogP contribution is -2.55. The smallest absolute Gasteiger partial charge is 0.238 e. The maximum atomic E-state index is 11.5. The molecule has 4 heteroatoms. The summed E-state index contributed by atoms with van der Waals surface area (Å²) in [6.07, 6.45) is -0.500. The predicted molar refractivity (Wildman–Crippen MR) is 57.1 cm³/mol. The van der Waals surface area contributed by atoms with Crippen molar-refractivity contribution >= 4 is 5.91 Å². The fourth-order valence-electron chi connectivity index (χ4n) is 1.13. The van der Waals surface area contributed by atoms with E-state index in [1.807, 2.05) is 13.8 Å². The topological polar surface area (TPSA) is 52.6 Å². The molecule has 0 saturated carbocycles. The van der Waals surface area contributed by atoms with Crippen molar-refractivity contribution in [1.82, 2.24) is 10.2 Å². The van der Waals surface area contributed by atoms with E-state index in [4.69, 9.17) is 0 Å². The number of likely N-dealkylation sites (N-methyl/N-ethyl adjacent to an activating group) is 1. The molecule has 0 saturated heterocycles. The molecule has 0 aromatic carbocycles. The molecule has 0 aromatic rings. The summed E-state index contributed by atoms with van der Waals surface area (Å²) in [4.78, 5) is 13.1. The number of aliphatic hydroxyl groups excluding tert-OH is 1. The SMILES string of the molecule is CC(NC(C)(C)C(C)O)C(=O)N(C)C. The fourth-order valence-corrected chi connectivity index (χ4v) is 1.13. The Bertz CT molecular complexity index is 200. The van der Waals surface area contributed by atoms with Crippen LogP contribution in [0.15, 0.2) is 0 Å². The van der Waals surface area contributed by atoms with Crippen molar-refractivity contribution in [3.05, 3.63) is 0 Å². The average molecular weight is 202 g/mol. The van der Waals surface area contributed by atoms with Crippen LogP contribution >= 0.6 is 0 Å². The van der Waals surface area contributed by atoms with Crippen LogP contribution in [0.3, 0.4) is 0 Å². The summed E-state index contributed by atoms with van der Waals surface area (Å²) in [5, 5.41) is 12.6. The van der Waals surface area contributed by atoms with Crippen LogP contribution in [0.5, 0.6) is 0 Å². The zero-order valence-corrected chi connectivity index (χ0v) is 9.96. The van der Waals surface area contributed by atoms with Crippen molar-refractivity contribution < 1.29 is 9.90 Å². The summed E-state index contributed by atoms with van der Waals surface area (Å²) in [6, 6.07) is -0.283. The molecule has 0 spiro atoms. The van der Waals surface area contributed by atoms with E-state index in [0.29, 0.717) is 0 Å². The van der Waals surface area contributed by atoms with Crippen molar-refractivity contribution in [2.24, 2.45) is 0 Å². The Balaban J connectivity index is 4.32. The van der Waals surface area contributed by atoms with Gasteiger partial charge in [0.15, 0.2) is 0 Å². The highest BCUT2D eigenvalue weighted by molar-refractivity contribution is 5.81. The minimum Gasteiger partial charge on any atom is -0.392 e. The number of nitrogens with zero attached hydrogens (tertiary/aromatic N) is 1. The molecule has 0 aromatic heterocycles. The summed E-state index contributed by atoms with van der Waals surface area (Å²) in [5.41, 5.74) is -0.453. The van der Waals surface area contributed by atoms with Crippen molar-refractivity contribution in [3.8, 4) is 0 Å². The first-order valence-corrected chi connectivity index (χ1v) is 4.85. The van der Waals surface area contributed by atoms with Crippen LogP contribution in [-0.2, 0) is 4.79 Å². The number of carbonyl (C=O) groups is 1. The lowest BCUT2D eigenvalue weighted by atomic mass is 9.97. The normalized spacial score (nSPS) is 16.2. The van der Waals surface area contributed by atoms with Gasteiger partial charge in [-0.25, -0.2) is 0 Å². The summed E-state index contributed by atoms with van der Waals surface area (Å²) in [6.45, 7) is 7.25. The molecule has 14 heavy (non-hydrogen) atoms. The lowest BCUT2D eigenvalue weighted by molar-refractivity contribution is -0.131. The van der Waals surface area contributed by atoms with Crippen LogP contribution in [-0.4, -0.2) is 47.7 Å². The van der Waals surface area contributed by atoms with Gasteiger partial charge in [-0.3, -0.25) is 10.1 Å². The number of carbonyl (C=O) groups excluding carboxylic acids is 1. The quantitative estimate of drug-likeness (QED) is 0.685. The largest absolute Gasteiger partial charge is 0.392 e. The number of aliphatic hydroxyl groups is 1. The molecule has 1 amide bonds. The van der Waals surface area contributed by atoms with Crippen molar-refractivity contribution in [1.29, 1.82) is 0 Å². The van der Waals surface area contributed by atoms with Gasteiger partial charge in [0.25, 0.3) is 0 Å². The molecule has 84 valence electrons. The molecule has 2 atom stereocenters. The number of hydrogen-bond donors (Lipinski definition) is 2. The van der Waals surface area contributed by atoms with Gasteiger partial charge in [0.2, 0.25) is 5.91 Å². The molecule has 2 unspecified atom stereocenters. The summed E-state index contributed by atoms with van der Waals surface area (Å²) in [7, 11) is 3.44. The lowest BCUT2D eigenvalue weighted by Gasteiger charge is -2.33. The van der Waals surface area contributed by atoms with Crippen LogP contribution in [0, 0.1) is 0 Å². The number of hydrogen-bond acceptors (Lipinski definition) is 3. The van der Waals surface area contributed by atoms with Gasteiger partial charge in [0.05, 0.1) is 12.1 Å². The van der Waals surface area contributed by atoms with Gasteiger partial charge in [-0.15, -0.1) is 0 Å². The zero-order chi connectivity index (χ0) is 11.5. The van der Waals surface area contributed by atoms with E-state index in [2.05, 4.69) is 5.32 Å². The Kier molecular flexibility index (Phi) is 4.55. The van der Waals surface area contributed by atoms with Gasteiger partial charge in [-0.2, -0.15) is 0 Å². The van der Waals surface area contributed by atoms with Gasteiger partial charge < -0.3 is 10.0 Å². The van der Waals surface area contributed by atoms with Crippen molar-refractivity contribution in [2.75, 3.05) is 14.1 Å². The first-order chi connectivity index (χ1) is 6.18. The molecule has 0 aliphatic rings. The Morgan fingerprint density at radius 2 is 1.79 bits per heavy atom. The van der Waals surface area contributed by atoms with Gasteiger partial charge >= 0.3 is 0 Å². The Labute approximate surface area is 86.3 Å². The molecule has 4 nitrogen and oxygen atoms in total. The van der Waals surface area contributed by atoms with Crippen molar-refractivity contribution in [2.45, 2.75) is 45.4 Å². The van der Waals surface area contributed by atoms with Crippen LogP contribution in [0.2, 0.25) is 0 Å². The second-order valence-corrected chi connectivity index (χ2v) is 4.50. The van der Waals surface area contributed by atoms with E-state index in [0.717, 1.165) is 0 Å². The van der Waals surface area contributed by atoms with Gasteiger partial charge in [-0.05, 0) is 27.7 Å². The average Bonchev–Trinajstić information content (AvgIpc) is 2.01. The highest BCUT2D eigenvalue weighted by Gasteiger charge is 2.28. The summed E-state index contributed by atoms with van der Waals surface area (Å²) in [5.74, 6) is 0.0127. The molecule has 0 aliphatic heterocycles. The van der Waals surface area contributed by atoms with Crippen LogP contribution in [0.1, 0.15) is 27.7 Å². The number of nitrogens with one attached hydrogen (secondary N) is 1. The highest BCUT2D eigenvalue weighted by atomic mass is 16.3. The second kappa shape index (κ2) is 4.75. The molecular weight excluding hydrogens is 180 g/mol. The van der Waals surface area contributed by atoms with Crippen LogP contribution in [0.25, 0.3) is 0 Å². The Morgan fingerprint density at radius 1 is 1.36 bits per heavy atom. The van der Waals surface area contributed by atoms with E-state index >= 15 is 0 Å². The number of amides is 1. The Morgan fingerprint density at radius 3 is 2.07 bits per heavy atom. The molecule has 0 fully saturated rings. The third-order valence-electron chi connectivity index (χ3n) is 2.44. The van der Waals surface area contributed by atoms with E-state index in [1.165, 1.54) is 4.90 Å². The predicted octanol–water partition coefficient (Wildman–Crippen LogP) is 0.212. The second-order valence-electron chi connectivity index (χ2n) is 4.50. The van der Waals surface area contributed by atoms with E-state index in [1.54, 1.807) is 27.9 Å². The van der Waals surface area contributed by atoms with E-state index < -0.39 is 11.6 Å². The molecule has 2 N–H and O–H groups in total. The van der Waals surface area contributed by atoms with Crippen LogP contribution in [0.4, 0.5) is 0 Å². The molecule has 0 rings (SSSR count). The minimum atomic E-state index is -0.500. The Hall–Kier alpha value is -0.610. The van der Waals surface area contributed by atoms with Gasteiger partial charge in [0.1, 0.15) is 0 Å². The summed E-state index contributed by atoms with van der Waals surface area (Å²) < 4.78 is 0. The first kappa shape index (κ1) is 13.4. The fraction of sp³-hybridized carbons (Fsp3) is 0.900. The first-order valence-electron chi connectivity index (χ1n) is 4.85. The third-order valence-corrected chi connectivity index (χ3v) is 2.44. The maximum Gasteiger partial charge on any atom is 0.238 e. The molecule has 0 bridgehead atoms. The standard InChI is InChI=1S/C10H22N2O2/c1-7(9(14)12(5)6)11-10(3,4)8(2)13/h7-8,11,13H,1-6H3. The maximum absolute atomic E-state index is 11.5. The summed E-state index contributed by atoms with van der Waals surface area (Å²) >= 11 is 0. The molecule has 0 aliphatic carbocycles. The highest BCUT2D eigenvalue weighted by Crippen LogP contribution is 2.09. The minimum absolute atomic E-state index is 0.0127. The molecular formula is C10H22N2O2. The van der Waals surface area contributed by atoms with Gasteiger partial charge in [0, 0.05) is 19.6 Å². The van der Waals surface area contributed by atoms with Crippen LogP contribution < -0.4 is 5.32 Å².